The van der Waals surface area contributed by atoms with E-state index in [0.717, 1.165) is 12.8 Å². The number of hydrogen-bond donors (Lipinski definition) is 0. The highest BCUT2D eigenvalue weighted by Gasteiger charge is 2.13. The van der Waals surface area contributed by atoms with E-state index in [0.29, 0.717) is 6.61 Å². The van der Waals surface area contributed by atoms with Gasteiger partial charge in [-0.1, -0.05) is 117 Å². The Balaban J connectivity index is 3.33. The van der Waals surface area contributed by atoms with Gasteiger partial charge in [-0.2, -0.15) is 0 Å². The van der Waals surface area contributed by atoms with Gasteiger partial charge < -0.3 is 4.74 Å². The lowest BCUT2D eigenvalue weighted by Crippen LogP contribution is -2.15. The van der Waals surface area contributed by atoms with Crippen LogP contribution in [-0.2, 0) is 9.53 Å². The predicted octanol–water partition coefficient (Wildman–Crippen LogP) is 7.84. The van der Waals surface area contributed by atoms with Crippen molar-refractivity contribution in [1.29, 1.82) is 0 Å². The highest BCUT2D eigenvalue weighted by molar-refractivity contribution is 5.71. The van der Waals surface area contributed by atoms with Crippen LogP contribution in [0.15, 0.2) is 0 Å². The summed E-state index contributed by atoms with van der Waals surface area (Å²) in [6.07, 6.45) is 21.8. The van der Waals surface area contributed by atoms with Crippen molar-refractivity contribution in [2.45, 2.75) is 130 Å². The molecule has 150 valence electrons. The summed E-state index contributed by atoms with van der Waals surface area (Å²) in [7, 11) is 0. The Hall–Kier alpha value is -0.530. The van der Waals surface area contributed by atoms with Crippen LogP contribution in [-0.4, -0.2) is 12.6 Å². The van der Waals surface area contributed by atoms with Crippen LogP contribution in [0.25, 0.3) is 0 Å². The third-order valence-electron chi connectivity index (χ3n) is 5.14. The summed E-state index contributed by atoms with van der Waals surface area (Å²) in [5, 5.41) is 0. The third kappa shape index (κ3) is 18.1. The van der Waals surface area contributed by atoms with E-state index in [2.05, 4.69) is 13.8 Å². The van der Waals surface area contributed by atoms with Crippen molar-refractivity contribution >= 4 is 5.97 Å². The molecular weight excluding hydrogens is 308 g/mol. The summed E-state index contributed by atoms with van der Waals surface area (Å²) in [6.45, 7) is 7.16. The minimum atomic E-state index is 0.0193. The van der Waals surface area contributed by atoms with E-state index >= 15 is 0 Å². The standard InChI is InChI=1S/C23H46O2/c1-4-6-8-10-12-14-16-18-20-22(3)23(24)25-21-19-17-15-13-11-9-7-5-2/h22H,4-21H2,1-3H3. The van der Waals surface area contributed by atoms with Crippen LogP contribution in [0.4, 0.5) is 0 Å². The highest BCUT2D eigenvalue weighted by atomic mass is 16.5. The van der Waals surface area contributed by atoms with E-state index in [4.69, 9.17) is 4.74 Å². The molecular formula is C23H46O2. The fraction of sp³-hybridized carbons (Fsp3) is 0.957. The Morgan fingerprint density at radius 1 is 0.640 bits per heavy atom. The normalized spacial score (nSPS) is 12.3. The van der Waals surface area contributed by atoms with Crippen LogP contribution in [0.5, 0.6) is 0 Å². The molecule has 25 heavy (non-hydrogen) atoms. The van der Waals surface area contributed by atoms with Crippen molar-refractivity contribution in [3.05, 3.63) is 0 Å². The van der Waals surface area contributed by atoms with E-state index in [9.17, 15) is 4.79 Å². The van der Waals surface area contributed by atoms with Crippen LogP contribution in [0.2, 0.25) is 0 Å². The van der Waals surface area contributed by atoms with Crippen molar-refractivity contribution in [1.82, 2.24) is 0 Å². The first-order valence-corrected chi connectivity index (χ1v) is 11.4. The van der Waals surface area contributed by atoms with Crippen LogP contribution in [0.3, 0.4) is 0 Å². The van der Waals surface area contributed by atoms with Crippen LogP contribution >= 0.6 is 0 Å². The molecule has 0 N–H and O–H groups in total. The molecule has 0 saturated heterocycles. The number of esters is 1. The smallest absolute Gasteiger partial charge is 0.308 e. The van der Waals surface area contributed by atoms with Gasteiger partial charge in [0.1, 0.15) is 0 Å². The Morgan fingerprint density at radius 3 is 1.52 bits per heavy atom. The fourth-order valence-electron chi connectivity index (χ4n) is 3.25. The largest absolute Gasteiger partial charge is 0.465 e. The molecule has 0 aliphatic heterocycles. The van der Waals surface area contributed by atoms with E-state index in [1.165, 1.54) is 96.3 Å². The van der Waals surface area contributed by atoms with Gasteiger partial charge in [-0.15, -0.1) is 0 Å². The minimum Gasteiger partial charge on any atom is -0.465 e. The van der Waals surface area contributed by atoms with Crippen molar-refractivity contribution < 1.29 is 9.53 Å². The maximum absolute atomic E-state index is 12.0. The highest BCUT2D eigenvalue weighted by Crippen LogP contribution is 2.14. The van der Waals surface area contributed by atoms with E-state index in [-0.39, 0.29) is 11.9 Å². The molecule has 0 aliphatic rings. The Labute approximate surface area is 158 Å². The zero-order chi connectivity index (χ0) is 18.6. The quantitative estimate of drug-likeness (QED) is 0.174. The Bertz CT molecular complexity index is 275. The molecule has 0 bridgehead atoms. The van der Waals surface area contributed by atoms with Gasteiger partial charge in [-0.25, -0.2) is 0 Å². The molecule has 0 aromatic rings. The lowest BCUT2D eigenvalue weighted by Gasteiger charge is -2.11. The monoisotopic (exact) mass is 354 g/mol. The summed E-state index contributed by atoms with van der Waals surface area (Å²) in [6, 6.07) is 0. The molecule has 0 saturated carbocycles. The second-order valence-corrected chi connectivity index (χ2v) is 7.81. The van der Waals surface area contributed by atoms with Crippen molar-refractivity contribution in [2.75, 3.05) is 6.61 Å². The molecule has 1 atom stereocenters. The number of hydrogen-bond acceptors (Lipinski definition) is 2. The predicted molar refractivity (Wildman–Crippen MR) is 110 cm³/mol. The average molecular weight is 355 g/mol. The molecule has 0 rings (SSSR count). The maximum atomic E-state index is 12.0. The lowest BCUT2D eigenvalue weighted by molar-refractivity contribution is -0.148. The number of rotatable bonds is 19. The van der Waals surface area contributed by atoms with Gasteiger partial charge in [0, 0.05) is 0 Å². The molecule has 1 unspecified atom stereocenters. The van der Waals surface area contributed by atoms with Gasteiger partial charge in [0.05, 0.1) is 12.5 Å². The zero-order valence-electron chi connectivity index (χ0n) is 17.6. The molecule has 0 aromatic heterocycles. The van der Waals surface area contributed by atoms with Crippen LogP contribution < -0.4 is 0 Å². The molecule has 0 amide bonds. The summed E-state index contributed by atoms with van der Waals surface area (Å²) >= 11 is 0. The summed E-state index contributed by atoms with van der Waals surface area (Å²) in [5.74, 6) is 0.0972. The average Bonchev–Trinajstić information content (AvgIpc) is 2.62. The Morgan fingerprint density at radius 2 is 1.04 bits per heavy atom. The van der Waals surface area contributed by atoms with Gasteiger partial charge in [0.25, 0.3) is 0 Å². The molecule has 0 aromatic carbocycles. The lowest BCUT2D eigenvalue weighted by atomic mass is 10.0. The van der Waals surface area contributed by atoms with Gasteiger partial charge in [0.2, 0.25) is 0 Å². The second-order valence-electron chi connectivity index (χ2n) is 7.81. The SMILES string of the molecule is CCCCCCCCCCOC(=O)C(C)CCCCCCCCCC. The number of carbonyl (C=O) groups is 1. The van der Waals surface area contributed by atoms with Gasteiger partial charge >= 0.3 is 5.97 Å². The summed E-state index contributed by atoms with van der Waals surface area (Å²) in [5.41, 5.74) is 0. The molecule has 0 fully saturated rings. The van der Waals surface area contributed by atoms with Crippen LogP contribution in [0.1, 0.15) is 130 Å². The Kier molecular flexibility index (Phi) is 19.4. The van der Waals surface area contributed by atoms with Crippen LogP contribution in [0, 0.1) is 5.92 Å². The van der Waals surface area contributed by atoms with Crippen molar-refractivity contribution in [2.24, 2.45) is 5.92 Å². The van der Waals surface area contributed by atoms with Gasteiger partial charge in [0.15, 0.2) is 0 Å². The van der Waals surface area contributed by atoms with E-state index in [1.807, 2.05) is 6.92 Å². The molecule has 0 aliphatic carbocycles. The van der Waals surface area contributed by atoms with Gasteiger partial charge in [-0.05, 0) is 12.8 Å². The first-order valence-electron chi connectivity index (χ1n) is 11.4. The zero-order valence-corrected chi connectivity index (χ0v) is 17.6. The molecule has 2 nitrogen and oxygen atoms in total. The summed E-state index contributed by atoms with van der Waals surface area (Å²) in [4.78, 5) is 12.0. The first kappa shape index (κ1) is 24.5. The number of ether oxygens (including phenoxy) is 1. The fourth-order valence-corrected chi connectivity index (χ4v) is 3.25. The van der Waals surface area contributed by atoms with Crippen molar-refractivity contribution in [3.63, 3.8) is 0 Å². The topological polar surface area (TPSA) is 26.3 Å². The van der Waals surface area contributed by atoms with E-state index in [1.54, 1.807) is 0 Å². The third-order valence-corrected chi connectivity index (χ3v) is 5.14. The van der Waals surface area contributed by atoms with Gasteiger partial charge in [-0.3, -0.25) is 4.79 Å². The molecule has 0 spiro atoms. The number of unbranched alkanes of at least 4 members (excludes halogenated alkanes) is 14. The maximum Gasteiger partial charge on any atom is 0.308 e. The minimum absolute atomic E-state index is 0.0193. The molecule has 0 radical (unpaired) electrons. The first-order chi connectivity index (χ1) is 12.2. The molecule has 0 heterocycles. The number of carbonyl (C=O) groups excluding carboxylic acids is 1. The van der Waals surface area contributed by atoms with E-state index < -0.39 is 0 Å². The second kappa shape index (κ2) is 19.8. The molecule has 2 heteroatoms. The summed E-state index contributed by atoms with van der Waals surface area (Å²) < 4.78 is 5.43. The van der Waals surface area contributed by atoms with Crippen molar-refractivity contribution in [3.8, 4) is 0 Å².